The van der Waals surface area contributed by atoms with Crippen molar-refractivity contribution in [2.45, 2.75) is 12.8 Å². The van der Waals surface area contributed by atoms with E-state index in [2.05, 4.69) is 19.9 Å². The number of anilines is 1. The maximum Gasteiger partial charge on any atom is 0.276 e. The molecule has 0 atom stereocenters. The molecule has 96 valence electrons. The Morgan fingerprint density at radius 3 is 3.00 bits per heavy atom. The lowest BCUT2D eigenvalue weighted by Crippen LogP contribution is -2.11. The van der Waals surface area contributed by atoms with Crippen LogP contribution < -0.4 is 11.3 Å². The van der Waals surface area contributed by atoms with Crippen LogP contribution in [0.1, 0.15) is 11.1 Å². The third-order valence-electron chi connectivity index (χ3n) is 3.04. The van der Waals surface area contributed by atoms with E-state index in [1.165, 1.54) is 0 Å². The molecule has 0 amide bonds. The highest BCUT2D eigenvalue weighted by atomic mass is 16.1. The number of aromatic nitrogens is 4. The van der Waals surface area contributed by atoms with Crippen molar-refractivity contribution >= 4 is 17.0 Å². The molecule has 0 saturated carbocycles. The second-order valence-corrected chi connectivity index (χ2v) is 4.35. The minimum Gasteiger partial charge on any atom is -0.369 e. The van der Waals surface area contributed by atoms with E-state index in [0.717, 1.165) is 24.0 Å². The first-order valence-corrected chi connectivity index (χ1v) is 5.98. The van der Waals surface area contributed by atoms with Gasteiger partial charge in [-0.15, -0.1) is 0 Å². The first-order valence-electron chi connectivity index (χ1n) is 5.98. The largest absolute Gasteiger partial charge is 0.369 e. The van der Waals surface area contributed by atoms with Gasteiger partial charge in [-0.2, -0.15) is 0 Å². The first kappa shape index (κ1) is 11.5. The molecule has 0 aromatic carbocycles. The lowest BCUT2D eigenvalue weighted by atomic mass is 10.1. The van der Waals surface area contributed by atoms with Crippen LogP contribution in [0.15, 0.2) is 35.5 Å². The molecule has 0 bridgehead atoms. The lowest BCUT2D eigenvalue weighted by molar-refractivity contribution is 0.954. The van der Waals surface area contributed by atoms with Crippen molar-refractivity contribution in [1.82, 2.24) is 19.9 Å². The second kappa shape index (κ2) is 4.56. The summed E-state index contributed by atoms with van der Waals surface area (Å²) in [6.07, 6.45) is 7.01. The minimum atomic E-state index is -0.241. The van der Waals surface area contributed by atoms with Crippen molar-refractivity contribution in [2.75, 3.05) is 5.73 Å². The van der Waals surface area contributed by atoms with Crippen molar-refractivity contribution in [3.05, 3.63) is 52.2 Å². The van der Waals surface area contributed by atoms with E-state index >= 15 is 0 Å². The maximum absolute atomic E-state index is 11.7. The molecule has 19 heavy (non-hydrogen) atoms. The molecule has 3 aromatic heterocycles. The van der Waals surface area contributed by atoms with Crippen LogP contribution in [0.4, 0.5) is 5.95 Å². The van der Waals surface area contributed by atoms with Gasteiger partial charge in [-0.3, -0.25) is 14.8 Å². The average Bonchev–Trinajstić information content (AvgIpc) is 2.81. The van der Waals surface area contributed by atoms with Crippen LogP contribution in [-0.2, 0) is 12.8 Å². The second-order valence-electron chi connectivity index (χ2n) is 4.35. The van der Waals surface area contributed by atoms with Gasteiger partial charge >= 0.3 is 0 Å². The number of nitrogen functional groups attached to an aromatic ring is 1. The van der Waals surface area contributed by atoms with Gasteiger partial charge in [-0.1, -0.05) is 6.07 Å². The van der Waals surface area contributed by atoms with Crippen molar-refractivity contribution in [1.29, 1.82) is 0 Å². The van der Waals surface area contributed by atoms with Gasteiger partial charge < -0.3 is 10.7 Å². The van der Waals surface area contributed by atoms with E-state index < -0.39 is 0 Å². The van der Waals surface area contributed by atoms with Gasteiger partial charge in [-0.05, 0) is 30.0 Å². The molecule has 3 aromatic rings. The van der Waals surface area contributed by atoms with Gasteiger partial charge in [0.05, 0.1) is 0 Å². The number of aryl methyl sites for hydroxylation is 2. The molecule has 0 radical (unpaired) electrons. The van der Waals surface area contributed by atoms with Crippen LogP contribution in [-0.4, -0.2) is 19.9 Å². The molecule has 4 N–H and O–H groups in total. The summed E-state index contributed by atoms with van der Waals surface area (Å²) in [5.41, 5.74) is 8.57. The zero-order valence-corrected chi connectivity index (χ0v) is 10.2. The van der Waals surface area contributed by atoms with Gasteiger partial charge in [0.2, 0.25) is 5.95 Å². The topological polar surface area (TPSA) is 100 Å². The van der Waals surface area contributed by atoms with E-state index in [-0.39, 0.29) is 11.5 Å². The van der Waals surface area contributed by atoms with Crippen LogP contribution >= 0.6 is 0 Å². The van der Waals surface area contributed by atoms with Crippen molar-refractivity contribution in [2.24, 2.45) is 0 Å². The van der Waals surface area contributed by atoms with Gasteiger partial charge in [0, 0.05) is 18.6 Å². The summed E-state index contributed by atoms with van der Waals surface area (Å²) >= 11 is 0. The fourth-order valence-corrected chi connectivity index (χ4v) is 2.10. The third-order valence-corrected chi connectivity index (χ3v) is 3.04. The molecule has 0 aliphatic rings. The molecule has 3 heterocycles. The van der Waals surface area contributed by atoms with E-state index in [1.807, 2.05) is 24.5 Å². The number of H-pyrrole nitrogens is 2. The van der Waals surface area contributed by atoms with Gasteiger partial charge in [0.15, 0.2) is 0 Å². The number of pyridine rings is 1. The minimum absolute atomic E-state index is 0.139. The lowest BCUT2D eigenvalue weighted by Gasteiger charge is -2.00. The predicted molar refractivity (Wildman–Crippen MR) is 72.8 cm³/mol. The predicted octanol–water partition coefficient (Wildman–Crippen LogP) is 1.01. The van der Waals surface area contributed by atoms with Gasteiger partial charge in [0.1, 0.15) is 11.0 Å². The van der Waals surface area contributed by atoms with Gasteiger partial charge in [-0.25, -0.2) is 4.98 Å². The Kier molecular flexibility index (Phi) is 2.75. The van der Waals surface area contributed by atoms with Crippen LogP contribution in [0.3, 0.4) is 0 Å². The monoisotopic (exact) mass is 255 g/mol. The summed E-state index contributed by atoms with van der Waals surface area (Å²) in [6.45, 7) is 0. The molecule has 6 nitrogen and oxygen atoms in total. The van der Waals surface area contributed by atoms with Gasteiger partial charge in [0.25, 0.3) is 5.56 Å². The highest BCUT2D eigenvalue weighted by Gasteiger charge is 2.09. The Morgan fingerprint density at radius 1 is 1.32 bits per heavy atom. The molecule has 6 heteroatoms. The van der Waals surface area contributed by atoms with Crippen LogP contribution in [0, 0.1) is 0 Å². The fraction of sp³-hybridized carbons (Fsp3) is 0.154. The van der Waals surface area contributed by atoms with E-state index in [4.69, 9.17) is 5.73 Å². The summed E-state index contributed by atoms with van der Waals surface area (Å²) in [6, 6.07) is 3.93. The fourth-order valence-electron chi connectivity index (χ4n) is 2.10. The summed E-state index contributed by atoms with van der Waals surface area (Å²) in [7, 11) is 0. The third kappa shape index (κ3) is 2.20. The smallest absolute Gasteiger partial charge is 0.276 e. The first-order chi connectivity index (χ1) is 9.24. The highest BCUT2D eigenvalue weighted by Crippen LogP contribution is 2.15. The van der Waals surface area contributed by atoms with E-state index in [1.54, 1.807) is 6.20 Å². The van der Waals surface area contributed by atoms with Crippen molar-refractivity contribution in [3.63, 3.8) is 0 Å². The number of fused-ring (bicyclic) bond motifs is 1. The molecular weight excluding hydrogens is 242 g/mol. The molecule has 0 fully saturated rings. The standard InChI is InChI=1S/C13H13N5O/c14-13-17-10-9(7-16-11(10)12(19)18-13)4-3-8-2-1-5-15-6-8/h1-2,5-7,16H,3-4H2,(H3,14,17,18,19). The number of nitrogens with one attached hydrogen (secondary N) is 2. The van der Waals surface area contributed by atoms with Crippen LogP contribution in [0.5, 0.6) is 0 Å². The molecular formula is C13H13N5O. The Hall–Kier alpha value is -2.63. The Bertz CT molecular complexity index is 760. The van der Waals surface area contributed by atoms with Crippen molar-refractivity contribution in [3.8, 4) is 0 Å². The van der Waals surface area contributed by atoms with E-state index in [0.29, 0.717) is 11.0 Å². The quantitative estimate of drug-likeness (QED) is 0.650. The average molecular weight is 255 g/mol. The van der Waals surface area contributed by atoms with E-state index in [9.17, 15) is 4.79 Å². The molecule has 3 rings (SSSR count). The zero-order valence-electron chi connectivity index (χ0n) is 10.2. The molecule has 0 spiro atoms. The Balaban J connectivity index is 1.92. The summed E-state index contributed by atoms with van der Waals surface area (Å²) < 4.78 is 0. The summed E-state index contributed by atoms with van der Waals surface area (Å²) in [5, 5.41) is 0. The highest BCUT2D eigenvalue weighted by molar-refractivity contribution is 5.78. The SMILES string of the molecule is Nc1nc2c(CCc3cccnc3)c[nH]c2c(=O)[nH]1. The summed E-state index contributed by atoms with van der Waals surface area (Å²) in [5.74, 6) is 0.139. The van der Waals surface area contributed by atoms with Crippen LogP contribution in [0.2, 0.25) is 0 Å². The summed E-state index contributed by atoms with van der Waals surface area (Å²) in [4.78, 5) is 25.3. The molecule has 0 aliphatic heterocycles. The van der Waals surface area contributed by atoms with Crippen LogP contribution in [0.25, 0.3) is 11.0 Å². The number of nitrogens with two attached hydrogens (primary N) is 1. The maximum atomic E-state index is 11.7. The number of nitrogens with zero attached hydrogens (tertiary/aromatic N) is 2. The molecule has 0 saturated heterocycles. The number of rotatable bonds is 3. The molecule has 0 unspecified atom stereocenters. The van der Waals surface area contributed by atoms with Crippen molar-refractivity contribution < 1.29 is 0 Å². The number of aromatic amines is 2. The number of hydrogen-bond donors (Lipinski definition) is 3. The Morgan fingerprint density at radius 2 is 2.21 bits per heavy atom. The molecule has 0 aliphatic carbocycles. The number of hydrogen-bond acceptors (Lipinski definition) is 4. The normalized spacial score (nSPS) is 10.9. The Labute approximate surface area is 108 Å². The zero-order chi connectivity index (χ0) is 13.2.